The summed E-state index contributed by atoms with van der Waals surface area (Å²) in [5.74, 6) is 1.69. The Hall–Kier alpha value is -0.0800. The van der Waals surface area contributed by atoms with Crippen LogP contribution in [0.15, 0.2) is 0 Å². The summed E-state index contributed by atoms with van der Waals surface area (Å²) in [4.78, 5) is 0. The second-order valence-corrected chi connectivity index (χ2v) is 6.10. The third-order valence-corrected chi connectivity index (χ3v) is 3.70. The minimum atomic E-state index is -0.0169. The number of hydrogen-bond donors (Lipinski definition) is 1. The molecular weight excluding hydrogens is 186 g/mol. The summed E-state index contributed by atoms with van der Waals surface area (Å²) in [5, 5.41) is 3.55. The standard InChI is InChI=1S/C13H25NO/c1-13(2,3)15-12-11-7-5-4-6-10(11)8-9-14-12/h10-12,14H,4-9H2,1-3H3. The fourth-order valence-electron chi connectivity index (χ4n) is 3.07. The van der Waals surface area contributed by atoms with E-state index in [0.717, 1.165) is 18.4 Å². The maximum Gasteiger partial charge on any atom is 0.111 e. The summed E-state index contributed by atoms with van der Waals surface area (Å²) in [5.41, 5.74) is -0.0169. The van der Waals surface area contributed by atoms with E-state index in [0.29, 0.717) is 6.23 Å². The molecule has 1 saturated heterocycles. The van der Waals surface area contributed by atoms with Gasteiger partial charge in [-0.3, -0.25) is 5.32 Å². The molecular formula is C13H25NO. The van der Waals surface area contributed by atoms with Crippen molar-refractivity contribution in [3.63, 3.8) is 0 Å². The molecule has 1 aliphatic carbocycles. The van der Waals surface area contributed by atoms with Gasteiger partial charge in [0.1, 0.15) is 6.23 Å². The Bertz CT molecular complexity index is 207. The monoisotopic (exact) mass is 211 g/mol. The topological polar surface area (TPSA) is 21.3 Å². The lowest BCUT2D eigenvalue weighted by molar-refractivity contribution is -0.129. The van der Waals surface area contributed by atoms with Gasteiger partial charge >= 0.3 is 0 Å². The van der Waals surface area contributed by atoms with Crippen LogP contribution in [0.4, 0.5) is 0 Å². The van der Waals surface area contributed by atoms with Crippen molar-refractivity contribution in [1.82, 2.24) is 5.32 Å². The average Bonchev–Trinajstić information content (AvgIpc) is 2.16. The Morgan fingerprint density at radius 3 is 2.53 bits per heavy atom. The molecule has 2 fully saturated rings. The Morgan fingerprint density at radius 1 is 1.07 bits per heavy atom. The van der Waals surface area contributed by atoms with E-state index in [4.69, 9.17) is 4.74 Å². The zero-order chi connectivity index (χ0) is 10.9. The number of hydrogen-bond acceptors (Lipinski definition) is 2. The van der Waals surface area contributed by atoms with Crippen molar-refractivity contribution in [2.45, 2.75) is 64.7 Å². The molecule has 2 heteroatoms. The van der Waals surface area contributed by atoms with Crippen LogP contribution in [0.2, 0.25) is 0 Å². The smallest absolute Gasteiger partial charge is 0.111 e. The van der Waals surface area contributed by atoms with Gasteiger partial charge in [0.05, 0.1) is 5.60 Å². The van der Waals surface area contributed by atoms with E-state index in [1.165, 1.54) is 32.1 Å². The summed E-state index contributed by atoms with van der Waals surface area (Å²) < 4.78 is 6.14. The molecule has 15 heavy (non-hydrogen) atoms. The van der Waals surface area contributed by atoms with Gasteiger partial charge in [-0.15, -0.1) is 0 Å². The van der Waals surface area contributed by atoms with E-state index in [-0.39, 0.29) is 5.60 Å². The van der Waals surface area contributed by atoms with Gasteiger partial charge in [-0.1, -0.05) is 12.8 Å². The lowest BCUT2D eigenvalue weighted by Crippen LogP contribution is -2.51. The van der Waals surface area contributed by atoms with E-state index in [2.05, 4.69) is 26.1 Å². The van der Waals surface area contributed by atoms with Gasteiger partial charge in [0, 0.05) is 5.92 Å². The summed E-state index contributed by atoms with van der Waals surface area (Å²) in [6, 6.07) is 0. The van der Waals surface area contributed by atoms with Crippen molar-refractivity contribution in [1.29, 1.82) is 0 Å². The number of nitrogens with one attached hydrogen (secondary N) is 1. The number of fused-ring (bicyclic) bond motifs is 1. The predicted molar refractivity (Wildman–Crippen MR) is 62.7 cm³/mol. The Kier molecular flexibility index (Phi) is 3.36. The van der Waals surface area contributed by atoms with Crippen molar-refractivity contribution < 1.29 is 4.74 Å². The molecule has 0 aromatic carbocycles. The van der Waals surface area contributed by atoms with Crippen LogP contribution >= 0.6 is 0 Å². The number of ether oxygens (including phenoxy) is 1. The summed E-state index contributed by atoms with van der Waals surface area (Å²) in [7, 11) is 0. The highest BCUT2D eigenvalue weighted by Gasteiger charge is 2.36. The van der Waals surface area contributed by atoms with Crippen molar-refractivity contribution >= 4 is 0 Å². The zero-order valence-electron chi connectivity index (χ0n) is 10.4. The molecule has 1 heterocycles. The second kappa shape index (κ2) is 4.42. The van der Waals surface area contributed by atoms with Crippen LogP contribution in [0, 0.1) is 11.8 Å². The van der Waals surface area contributed by atoms with E-state index in [1.807, 2.05) is 0 Å². The molecule has 88 valence electrons. The molecule has 0 amide bonds. The number of piperidine rings is 1. The summed E-state index contributed by atoms with van der Waals surface area (Å²) in [6.45, 7) is 7.60. The molecule has 1 aliphatic heterocycles. The van der Waals surface area contributed by atoms with Crippen molar-refractivity contribution in [3.05, 3.63) is 0 Å². The molecule has 3 atom stereocenters. The average molecular weight is 211 g/mol. The van der Waals surface area contributed by atoms with Gasteiger partial charge in [-0.25, -0.2) is 0 Å². The molecule has 2 rings (SSSR count). The molecule has 0 aromatic rings. The third-order valence-electron chi connectivity index (χ3n) is 3.70. The quantitative estimate of drug-likeness (QED) is 0.720. The molecule has 2 nitrogen and oxygen atoms in total. The van der Waals surface area contributed by atoms with Crippen LogP contribution in [0.3, 0.4) is 0 Å². The van der Waals surface area contributed by atoms with E-state index >= 15 is 0 Å². The fraction of sp³-hybridized carbons (Fsp3) is 1.00. The first-order valence-corrected chi connectivity index (χ1v) is 6.47. The molecule has 1 saturated carbocycles. The fourth-order valence-corrected chi connectivity index (χ4v) is 3.07. The molecule has 0 spiro atoms. The molecule has 2 aliphatic rings. The van der Waals surface area contributed by atoms with Crippen molar-refractivity contribution in [2.75, 3.05) is 6.54 Å². The van der Waals surface area contributed by atoms with Crippen LogP contribution < -0.4 is 5.32 Å². The summed E-state index contributed by atoms with van der Waals surface area (Å²) in [6.07, 6.45) is 7.28. The van der Waals surface area contributed by atoms with Crippen molar-refractivity contribution in [2.24, 2.45) is 11.8 Å². The second-order valence-electron chi connectivity index (χ2n) is 6.10. The van der Waals surface area contributed by atoms with E-state index in [9.17, 15) is 0 Å². The van der Waals surface area contributed by atoms with E-state index < -0.39 is 0 Å². The Morgan fingerprint density at radius 2 is 1.80 bits per heavy atom. The van der Waals surface area contributed by atoms with Crippen LogP contribution in [0.5, 0.6) is 0 Å². The Balaban J connectivity index is 1.97. The Labute approximate surface area is 93.8 Å². The van der Waals surface area contributed by atoms with Gasteiger partial charge in [0.2, 0.25) is 0 Å². The predicted octanol–water partition coefficient (Wildman–Crippen LogP) is 2.93. The highest BCUT2D eigenvalue weighted by molar-refractivity contribution is 4.86. The minimum absolute atomic E-state index is 0.0169. The van der Waals surface area contributed by atoms with Crippen LogP contribution in [0.25, 0.3) is 0 Å². The van der Waals surface area contributed by atoms with Crippen LogP contribution in [-0.4, -0.2) is 18.4 Å². The molecule has 0 bridgehead atoms. The number of rotatable bonds is 1. The van der Waals surface area contributed by atoms with Gasteiger partial charge in [-0.2, -0.15) is 0 Å². The maximum absolute atomic E-state index is 6.14. The van der Waals surface area contributed by atoms with Gasteiger partial charge < -0.3 is 4.74 Å². The van der Waals surface area contributed by atoms with Crippen molar-refractivity contribution in [3.8, 4) is 0 Å². The lowest BCUT2D eigenvalue weighted by atomic mass is 9.74. The van der Waals surface area contributed by atoms with Crippen LogP contribution in [-0.2, 0) is 4.74 Å². The SMILES string of the molecule is CC(C)(C)OC1NCCC2CCCCC21. The highest BCUT2D eigenvalue weighted by Crippen LogP contribution is 2.38. The largest absolute Gasteiger partial charge is 0.357 e. The van der Waals surface area contributed by atoms with Gasteiger partial charge in [-0.05, 0) is 52.5 Å². The maximum atomic E-state index is 6.14. The van der Waals surface area contributed by atoms with Crippen LogP contribution in [0.1, 0.15) is 52.9 Å². The first-order valence-electron chi connectivity index (χ1n) is 6.47. The first-order chi connectivity index (χ1) is 7.06. The first kappa shape index (κ1) is 11.4. The molecule has 0 aromatic heterocycles. The lowest BCUT2D eigenvalue weighted by Gasteiger charge is -2.43. The minimum Gasteiger partial charge on any atom is -0.357 e. The summed E-state index contributed by atoms with van der Waals surface area (Å²) >= 11 is 0. The zero-order valence-corrected chi connectivity index (χ0v) is 10.4. The van der Waals surface area contributed by atoms with Gasteiger partial charge in [0.25, 0.3) is 0 Å². The molecule has 3 unspecified atom stereocenters. The van der Waals surface area contributed by atoms with Gasteiger partial charge in [0.15, 0.2) is 0 Å². The highest BCUT2D eigenvalue weighted by atomic mass is 16.5. The van der Waals surface area contributed by atoms with E-state index in [1.54, 1.807) is 0 Å². The molecule has 0 radical (unpaired) electrons. The molecule has 1 N–H and O–H groups in total. The normalized spacial score (nSPS) is 37.4. The third kappa shape index (κ3) is 2.94.